The lowest BCUT2D eigenvalue weighted by molar-refractivity contribution is 0.544. The van der Waals surface area contributed by atoms with Gasteiger partial charge in [-0.15, -0.1) is 0 Å². The van der Waals surface area contributed by atoms with Crippen molar-refractivity contribution in [3.05, 3.63) is 18.0 Å². The third kappa shape index (κ3) is 3.06. The zero-order valence-electron chi connectivity index (χ0n) is 9.74. The molecule has 3 nitrogen and oxygen atoms in total. The average Bonchev–Trinajstić information content (AvgIpc) is 2.93. The summed E-state index contributed by atoms with van der Waals surface area (Å²) in [6, 6.07) is 0.421. The zero-order chi connectivity index (χ0) is 10.7. The Balaban J connectivity index is 1.84. The molecule has 0 radical (unpaired) electrons. The summed E-state index contributed by atoms with van der Waals surface area (Å²) in [6.45, 7) is 6.41. The highest BCUT2D eigenvalue weighted by Gasteiger charge is 2.20. The molecule has 1 N–H and O–H groups in total. The lowest BCUT2D eigenvalue weighted by Crippen LogP contribution is -2.17. The molecule has 0 saturated heterocycles. The van der Waals surface area contributed by atoms with Crippen LogP contribution in [0.15, 0.2) is 12.4 Å². The molecule has 2 rings (SSSR count). The summed E-state index contributed by atoms with van der Waals surface area (Å²) in [5, 5.41) is 7.79. The molecular formula is C12H21N3. The van der Waals surface area contributed by atoms with Crippen LogP contribution in [0.5, 0.6) is 0 Å². The van der Waals surface area contributed by atoms with Crippen LogP contribution in [0, 0.1) is 5.92 Å². The van der Waals surface area contributed by atoms with E-state index >= 15 is 0 Å². The maximum Gasteiger partial charge on any atom is 0.0537 e. The first-order valence-electron chi connectivity index (χ1n) is 6.05. The molecule has 1 unspecified atom stereocenters. The van der Waals surface area contributed by atoms with E-state index in [-0.39, 0.29) is 0 Å². The van der Waals surface area contributed by atoms with Gasteiger partial charge in [0.2, 0.25) is 0 Å². The van der Waals surface area contributed by atoms with Crippen LogP contribution < -0.4 is 5.32 Å². The van der Waals surface area contributed by atoms with Crippen LogP contribution >= 0.6 is 0 Å². The van der Waals surface area contributed by atoms with E-state index in [0.29, 0.717) is 6.04 Å². The standard InChI is InChI=1S/C12H21N3/c1-3-13-10(2)12-8-14-15(9-12)7-6-11-4-5-11/h8-11,13H,3-7H2,1-2H3. The van der Waals surface area contributed by atoms with Gasteiger partial charge in [0.15, 0.2) is 0 Å². The minimum atomic E-state index is 0.421. The van der Waals surface area contributed by atoms with Crippen molar-refractivity contribution in [3.63, 3.8) is 0 Å². The maximum atomic E-state index is 4.40. The van der Waals surface area contributed by atoms with E-state index < -0.39 is 0 Å². The molecular weight excluding hydrogens is 186 g/mol. The van der Waals surface area contributed by atoms with Gasteiger partial charge in [0.1, 0.15) is 0 Å². The van der Waals surface area contributed by atoms with E-state index in [2.05, 4.69) is 35.1 Å². The molecule has 1 aliphatic carbocycles. The van der Waals surface area contributed by atoms with Crippen molar-refractivity contribution in [1.29, 1.82) is 0 Å². The third-order valence-corrected chi connectivity index (χ3v) is 3.13. The Bertz CT molecular complexity index is 302. The van der Waals surface area contributed by atoms with Crippen molar-refractivity contribution in [2.75, 3.05) is 6.54 Å². The zero-order valence-corrected chi connectivity index (χ0v) is 9.74. The predicted molar refractivity (Wildman–Crippen MR) is 61.7 cm³/mol. The van der Waals surface area contributed by atoms with Crippen molar-refractivity contribution in [2.24, 2.45) is 5.92 Å². The lowest BCUT2D eigenvalue weighted by atomic mass is 10.2. The van der Waals surface area contributed by atoms with Gasteiger partial charge in [-0.1, -0.05) is 19.8 Å². The Kier molecular flexibility index (Phi) is 3.41. The first-order valence-corrected chi connectivity index (χ1v) is 6.05. The minimum absolute atomic E-state index is 0.421. The fraction of sp³-hybridized carbons (Fsp3) is 0.750. The number of nitrogens with one attached hydrogen (secondary N) is 1. The molecule has 0 bridgehead atoms. The molecule has 1 aliphatic rings. The van der Waals surface area contributed by atoms with Crippen molar-refractivity contribution in [2.45, 2.75) is 45.7 Å². The normalized spacial score (nSPS) is 18.0. The third-order valence-electron chi connectivity index (χ3n) is 3.13. The molecule has 0 aromatic carbocycles. The van der Waals surface area contributed by atoms with Crippen LogP contribution in [0.4, 0.5) is 0 Å². The predicted octanol–water partition coefficient (Wildman–Crippen LogP) is 2.35. The van der Waals surface area contributed by atoms with Gasteiger partial charge in [0.25, 0.3) is 0 Å². The second-order valence-electron chi connectivity index (χ2n) is 4.55. The van der Waals surface area contributed by atoms with Crippen LogP contribution in [0.3, 0.4) is 0 Å². The molecule has 1 saturated carbocycles. The van der Waals surface area contributed by atoms with Gasteiger partial charge in [0.05, 0.1) is 6.20 Å². The summed E-state index contributed by atoms with van der Waals surface area (Å²) in [4.78, 5) is 0. The number of hydrogen-bond donors (Lipinski definition) is 1. The van der Waals surface area contributed by atoms with Gasteiger partial charge in [-0.05, 0) is 25.8 Å². The van der Waals surface area contributed by atoms with E-state index in [4.69, 9.17) is 0 Å². The summed E-state index contributed by atoms with van der Waals surface area (Å²) >= 11 is 0. The minimum Gasteiger partial charge on any atom is -0.310 e. The number of hydrogen-bond acceptors (Lipinski definition) is 2. The van der Waals surface area contributed by atoms with Gasteiger partial charge in [-0.2, -0.15) is 5.10 Å². The second kappa shape index (κ2) is 4.79. The molecule has 1 heterocycles. The fourth-order valence-corrected chi connectivity index (χ4v) is 1.87. The maximum absolute atomic E-state index is 4.40. The summed E-state index contributed by atoms with van der Waals surface area (Å²) in [5.74, 6) is 0.990. The van der Waals surface area contributed by atoms with Gasteiger partial charge in [-0.3, -0.25) is 4.68 Å². The Morgan fingerprint density at radius 1 is 1.60 bits per heavy atom. The van der Waals surface area contributed by atoms with Gasteiger partial charge < -0.3 is 5.32 Å². The number of aromatic nitrogens is 2. The van der Waals surface area contributed by atoms with Crippen LogP contribution in [-0.2, 0) is 6.54 Å². The fourth-order valence-electron chi connectivity index (χ4n) is 1.87. The van der Waals surface area contributed by atoms with Gasteiger partial charge >= 0.3 is 0 Å². The van der Waals surface area contributed by atoms with Crippen molar-refractivity contribution in [3.8, 4) is 0 Å². The Morgan fingerprint density at radius 2 is 2.40 bits per heavy atom. The van der Waals surface area contributed by atoms with E-state index in [1.54, 1.807) is 0 Å². The van der Waals surface area contributed by atoms with Crippen LogP contribution in [-0.4, -0.2) is 16.3 Å². The molecule has 15 heavy (non-hydrogen) atoms. The summed E-state index contributed by atoms with van der Waals surface area (Å²) in [7, 11) is 0. The van der Waals surface area contributed by atoms with Crippen molar-refractivity contribution in [1.82, 2.24) is 15.1 Å². The summed E-state index contributed by atoms with van der Waals surface area (Å²) in [5.41, 5.74) is 1.30. The van der Waals surface area contributed by atoms with Gasteiger partial charge in [0, 0.05) is 24.3 Å². The van der Waals surface area contributed by atoms with Crippen molar-refractivity contribution >= 4 is 0 Å². The molecule has 0 aliphatic heterocycles. The van der Waals surface area contributed by atoms with E-state index in [0.717, 1.165) is 19.0 Å². The molecule has 1 atom stereocenters. The topological polar surface area (TPSA) is 29.9 Å². The SMILES string of the molecule is CCNC(C)c1cnn(CCC2CC2)c1. The smallest absolute Gasteiger partial charge is 0.0537 e. The highest BCUT2D eigenvalue weighted by Crippen LogP contribution is 2.32. The number of nitrogens with zero attached hydrogens (tertiary/aromatic N) is 2. The molecule has 1 fully saturated rings. The van der Waals surface area contributed by atoms with E-state index in [9.17, 15) is 0 Å². The van der Waals surface area contributed by atoms with Crippen molar-refractivity contribution < 1.29 is 0 Å². The Hall–Kier alpha value is -0.830. The number of rotatable bonds is 6. The highest BCUT2D eigenvalue weighted by molar-refractivity contribution is 5.09. The van der Waals surface area contributed by atoms with E-state index in [1.807, 2.05) is 6.20 Å². The monoisotopic (exact) mass is 207 g/mol. The Labute approximate surface area is 91.9 Å². The highest BCUT2D eigenvalue weighted by atomic mass is 15.3. The largest absolute Gasteiger partial charge is 0.310 e. The molecule has 1 aromatic rings. The van der Waals surface area contributed by atoms with Gasteiger partial charge in [-0.25, -0.2) is 0 Å². The second-order valence-corrected chi connectivity index (χ2v) is 4.55. The van der Waals surface area contributed by atoms with Crippen LogP contribution in [0.25, 0.3) is 0 Å². The van der Waals surface area contributed by atoms with Crippen LogP contribution in [0.2, 0.25) is 0 Å². The summed E-state index contributed by atoms with van der Waals surface area (Å²) < 4.78 is 2.08. The molecule has 0 spiro atoms. The van der Waals surface area contributed by atoms with E-state index in [1.165, 1.54) is 24.8 Å². The molecule has 1 aromatic heterocycles. The first-order chi connectivity index (χ1) is 7.29. The molecule has 3 heteroatoms. The summed E-state index contributed by atoms with van der Waals surface area (Å²) in [6.07, 6.45) is 8.33. The lowest BCUT2D eigenvalue weighted by Gasteiger charge is -2.08. The molecule has 0 amide bonds. The first kappa shape index (κ1) is 10.7. The number of aryl methyl sites for hydroxylation is 1. The average molecular weight is 207 g/mol. The Morgan fingerprint density at radius 3 is 3.07 bits per heavy atom. The molecule has 84 valence electrons. The quantitative estimate of drug-likeness (QED) is 0.776. The van der Waals surface area contributed by atoms with Crippen LogP contribution in [0.1, 0.15) is 44.7 Å².